The lowest BCUT2D eigenvalue weighted by Crippen LogP contribution is -2.42. The van der Waals surface area contributed by atoms with Crippen molar-refractivity contribution in [1.82, 2.24) is 10.2 Å². The van der Waals surface area contributed by atoms with Crippen LogP contribution < -0.4 is 11.1 Å². The summed E-state index contributed by atoms with van der Waals surface area (Å²) in [5.74, 6) is -0.131. The number of piperidine rings is 1. The Morgan fingerprint density at radius 3 is 2.62 bits per heavy atom. The summed E-state index contributed by atoms with van der Waals surface area (Å²) in [7, 11) is 0. The summed E-state index contributed by atoms with van der Waals surface area (Å²) in [6, 6.07) is 0. The van der Waals surface area contributed by atoms with Gasteiger partial charge in [-0.1, -0.05) is 0 Å². The highest BCUT2D eigenvalue weighted by Crippen LogP contribution is 2.20. The van der Waals surface area contributed by atoms with Crippen LogP contribution in [-0.2, 0) is 9.59 Å². The predicted octanol–water partition coefficient (Wildman–Crippen LogP) is -0.680. The van der Waals surface area contributed by atoms with Crippen LogP contribution in [0.4, 0.5) is 0 Å². The Hall–Kier alpha value is -1.10. The second kappa shape index (κ2) is 4.82. The lowest BCUT2D eigenvalue weighted by molar-refractivity contribution is -0.135. The highest BCUT2D eigenvalue weighted by atomic mass is 16.2. The van der Waals surface area contributed by atoms with Gasteiger partial charge >= 0.3 is 0 Å². The quantitative estimate of drug-likeness (QED) is 0.654. The Morgan fingerprint density at radius 2 is 2.06 bits per heavy atom. The molecule has 16 heavy (non-hydrogen) atoms. The fourth-order valence-electron chi connectivity index (χ4n) is 2.51. The van der Waals surface area contributed by atoms with Gasteiger partial charge in [-0.2, -0.15) is 0 Å². The van der Waals surface area contributed by atoms with Crippen molar-refractivity contribution in [2.45, 2.75) is 19.3 Å². The molecular formula is C11H19N3O2. The molecule has 2 saturated heterocycles. The number of nitrogens with zero attached hydrogens (tertiary/aromatic N) is 1. The lowest BCUT2D eigenvalue weighted by atomic mass is 9.98. The van der Waals surface area contributed by atoms with Gasteiger partial charge < -0.3 is 16.0 Å². The molecule has 5 heteroatoms. The number of amides is 2. The first-order valence-corrected chi connectivity index (χ1v) is 5.97. The highest BCUT2D eigenvalue weighted by molar-refractivity contribution is 5.82. The summed E-state index contributed by atoms with van der Waals surface area (Å²) >= 11 is 0. The Bertz CT molecular complexity index is 287. The average molecular weight is 225 g/mol. The Labute approximate surface area is 95.3 Å². The van der Waals surface area contributed by atoms with Crippen molar-refractivity contribution < 1.29 is 9.59 Å². The van der Waals surface area contributed by atoms with Crippen LogP contribution in [0, 0.1) is 11.8 Å². The van der Waals surface area contributed by atoms with Crippen LogP contribution in [0.3, 0.4) is 0 Å². The molecule has 2 fully saturated rings. The van der Waals surface area contributed by atoms with Crippen LogP contribution in [-0.4, -0.2) is 42.9 Å². The molecule has 0 spiro atoms. The van der Waals surface area contributed by atoms with Crippen molar-refractivity contribution in [3.05, 3.63) is 0 Å². The molecule has 2 amide bonds. The fourth-order valence-corrected chi connectivity index (χ4v) is 2.51. The van der Waals surface area contributed by atoms with E-state index in [4.69, 9.17) is 5.73 Å². The second-order valence-electron chi connectivity index (χ2n) is 4.72. The first-order valence-electron chi connectivity index (χ1n) is 5.97. The third kappa shape index (κ3) is 2.35. The van der Waals surface area contributed by atoms with Crippen LogP contribution in [0.2, 0.25) is 0 Å². The third-order valence-corrected chi connectivity index (χ3v) is 3.55. The highest BCUT2D eigenvalue weighted by Gasteiger charge is 2.33. The number of carbonyl (C=O) groups excluding carboxylic acids is 2. The van der Waals surface area contributed by atoms with E-state index in [-0.39, 0.29) is 23.7 Å². The van der Waals surface area contributed by atoms with E-state index in [0.29, 0.717) is 13.1 Å². The molecule has 0 aromatic carbocycles. The Morgan fingerprint density at radius 1 is 1.25 bits per heavy atom. The first-order chi connectivity index (χ1) is 7.68. The van der Waals surface area contributed by atoms with Crippen molar-refractivity contribution in [2.75, 3.05) is 26.2 Å². The molecule has 0 radical (unpaired) electrons. The Balaban J connectivity index is 1.88. The minimum absolute atomic E-state index is 0.0976. The molecule has 2 atom stereocenters. The molecule has 0 aromatic heterocycles. The van der Waals surface area contributed by atoms with E-state index in [1.165, 1.54) is 0 Å². The number of hydrogen-bond donors (Lipinski definition) is 2. The van der Waals surface area contributed by atoms with Gasteiger partial charge in [-0.3, -0.25) is 9.59 Å². The minimum Gasteiger partial charge on any atom is -0.369 e. The summed E-state index contributed by atoms with van der Waals surface area (Å²) in [6.45, 7) is 2.98. The van der Waals surface area contributed by atoms with Gasteiger partial charge in [-0.15, -0.1) is 0 Å². The zero-order valence-corrected chi connectivity index (χ0v) is 9.45. The van der Waals surface area contributed by atoms with E-state index < -0.39 is 0 Å². The Kier molecular flexibility index (Phi) is 3.43. The van der Waals surface area contributed by atoms with Crippen LogP contribution in [0.25, 0.3) is 0 Å². The number of carbonyl (C=O) groups is 2. The molecular weight excluding hydrogens is 206 g/mol. The maximum Gasteiger partial charge on any atom is 0.226 e. The van der Waals surface area contributed by atoms with E-state index in [1.807, 2.05) is 0 Å². The van der Waals surface area contributed by atoms with Crippen LogP contribution in [0.1, 0.15) is 19.3 Å². The number of primary amides is 1. The molecule has 2 aliphatic rings. The molecule has 0 aliphatic carbocycles. The molecule has 90 valence electrons. The molecule has 1 unspecified atom stereocenters. The van der Waals surface area contributed by atoms with Crippen molar-refractivity contribution in [2.24, 2.45) is 17.6 Å². The molecule has 2 heterocycles. The lowest BCUT2D eigenvalue weighted by Gasteiger charge is -2.26. The van der Waals surface area contributed by atoms with E-state index >= 15 is 0 Å². The monoisotopic (exact) mass is 225 g/mol. The SMILES string of the molecule is NC(=O)C1CCN(C(=O)[C@H]2CCCNC2)C1. The van der Waals surface area contributed by atoms with E-state index in [0.717, 1.165) is 32.4 Å². The summed E-state index contributed by atoms with van der Waals surface area (Å²) in [6.07, 6.45) is 2.74. The van der Waals surface area contributed by atoms with E-state index in [1.54, 1.807) is 4.90 Å². The molecule has 2 aliphatic heterocycles. The zero-order chi connectivity index (χ0) is 11.5. The molecule has 5 nitrogen and oxygen atoms in total. The standard InChI is InChI=1S/C11H19N3O2/c12-10(15)9-3-5-14(7-9)11(16)8-2-1-4-13-6-8/h8-9,13H,1-7H2,(H2,12,15)/t8-,9?/m0/s1. The van der Waals surface area contributed by atoms with Gasteiger partial charge in [0.1, 0.15) is 0 Å². The fraction of sp³-hybridized carbons (Fsp3) is 0.818. The normalized spacial score (nSPS) is 30.4. The molecule has 2 rings (SSSR count). The maximum absolute atomic E-state index is 12.1. The molecule has 3 N–H and O–H groups in total. The van der Waals surface area contributed by atoms with Crippen molar-refractivity contribution >= 4 is 11.8 Å². The van der Waals surface area contributed by atoms with Crippen LogP contribution in [0.5, 0.6) is 0 Å². The predicted molar refractivity (Wildman–Crippen MR) is 59.5 cm³/mol. The topological polar surface area (TPSA) is 75.4 Å². The molecule has 0 saturated carbocycles. The van der Waals surface area contributed by atoms with Gasteiger partial charge in [0.2, 0.25) is 11.8 Å². The number of nitrogens with two attached hydrogens (primary N) is 1. The van der Waals surface area contributed by atoms with Gasteiger partial charge in [-0.05, 0) is 25.8 Å². The smallest absolute Gasteiger partial charge is 0.226 e. The summed E-state index contributed by atoms with van der Waals surface area (Å²) < 4.78 is 0. The van der Waals surface area contributed by atoms with Gasteiger partial charge in [-0.25, -0.2) is 0 Å². The third-order valence-electron chi connectivity index (χ3n) is 3.55. The van der Waals surface area contributed by atoms with Crippen molar-refractivity contribution in [1.29, 1.82) is 0 Å². The molecule has 0 bridgehead atoms. The summed E-state index contributed by atoms with van der Waals surface area (Å²) in [5, 5.41) is 3.23. The van der Waals surface area contributed by atoms with Gasteiger partial charge in [0.25, 0.3) is 0 Å². The minimum atomic E-state index is -0.280. The van der Waals surface area contributed by atoms with E-state index in [9.17, 15) is 9.59 Å². The first kappa shape index (κ1) is 11.4. The van der Waals surface area contributed by atoms with Gasteiger partial charge in [0.15, 0.2) is 0 Å². The van der Waals surface area contributed by atoms with Gasteiger partial charge in [0, 0.05) is 19.6 Å². The zero-order valence-electron chi connectivity index (χ0n) is 9.45. The number of nitrogens with one attached hydrogen (secondary N) is 1. The van der Waals surface area contributed by atoms with Crippen LogP contribution in [0.15, 0.2) is 0 Å². The average Bonchev–Trinajstić information content (AvgIpc) is 2.78. The van der Waals surface area contributed by atoms with E-state index in [2.05, 4.69) is 5.32 Å². The van der Waals surface area contributed by atoms with Crippen molar-refractivity contribution in [3.8, 4) is 0 Å². The summed E-state index contributed by atoms with van der Waals surface area (Å²) in [4.78, 5) is 24.9. The largest absolute Gasteiger partial charge is 0.369 e. The molecule has 0 aromatic rings. The van der Waals surface area contributed by atoms with Crippen molar-refractivity contribution in [3.63, 3.8) is 0 Å². The summed E-state index contributed by atoms with van der Waals surface area (Å²) in [5.41, 5.74) is 5.25. The number of hydrogen-bond acceptors (Lipinski definition) is 3. The number of likely N-dealkylation sites (tertiary alicyclic amines) is 1. The maximum atomic E-state index is 12.1. The van der Waals surface area contributed by atoms with Crippen LogP contribution >= 0.6 is 0 Å². The van der Waals surface area contributed by atoms with Gasteiger partial charge in [0.05, 0.1) is 11.8 Å². The number of rotatable bonds is 2. The second-order valence-corrected chi connectivity index (χ2v) is 4.72.